The predicted octanol–water partition coefficient (Wildman–Crippen LogP) is -0.111. The molecule has 0 spiro atoms. The molecule has 1 N–H and O–H groups in total. The Labute approximate surface area is 120 Å². The molecule has 1 aromatic carbocycles. The zero-order valence-electron chi connectivity index (χ0n) is 11.2. The second kappa shape index (κ2) is 5.25. The molecule has 0 aliphatic carbocycles. The first-order valence-corrected chi connectivity index (χ1v) is 6.69. The molecule has 6 nitrogen and oxygen atoms in total. The summed E-state index contributed by atoms with van der Waals surface area (Å²) in [5.41, 5.74) is 0.357. The monoisotopic (exact) mass is 291 g/mol. The summed E-state index contributed by atoms with van der Waals surface area (Å²) in [6.45, 7) is 1.11. The fourth-order valence-corrected chi connectivity index (χ4v) is 2.69. The van der Waals surface area contributed by atoms with Gasteiger partial charge >= 0.3 is 0 Å². The summed E-state index contributed by atoms with van der Waals surface area (Å²) in [7, 11) is 0. The van der Waals surface area contributed by atoms with Gasteiger partial charge in [0.25, 0.3) is 5.91 Å². The van der Waals surface area contributed by atoms with Crippen molar-refractivity contribution >= 4 is 23.4 Å². The molecule has 0 bridgehead atoms. The van der Waals surface area contributed by atoms with Crippen molar-refractivity contribution in [2.45, 2.75) is 12.5 Å². The number of piperazine rings is 1. The van der Waals surface area contributed by atoms with Crippen molar-refractivity contribution in [2.24, 2.45) is 0 Å². The van der Waals surface area contributed by atoms with Crippen molar-refractivity contribution in [1.82, 2.24) is 10.2 Å². The first-order chi connectivity index (χ1) is 10.1. The van der Waals surface area contributed by atoms with E-state index in [9.17, 15) is 18.8 Å². The van der Waals surface area contributed by atoms with Crippen LogP contribution in [-0.4, -0.2) is 48.3 Å². The number of carbonyl (C=O) groups excluding carboxylic acids is 3. The highest BCUT2D eigenvalue weighted by Gasteiger charge is 2.43. The zero-order chi connectivity index (χ0) is 15.0. The fourth-order valence-electron chi connectivity index (χ4n) is 2.69. The van der Waals surface area contributed by atoms with E-state index in [0.717, 1.165) is 4.90 Å². The van der Waals surface area contributed by atoms with Crippen LogP contribution in [0.15, 0.2) is 24.3 Å². The summed E-state index contributed by atoms with van der Waals surface area (Å²) < 4.78 is 12.9. The van der Waals surface area contributed by atoms with E-state index in [4.69, 9.17) is 0 Å². The standard InChI is InChI=1S/C14H14FN3O3/c15-9-1-3-10(4-2-9)18-13(20)7-11(14(18)21)17-6-5-16-12(19)8-17/h1-4,11H,5-8H2,(H,16,19)/t11-/m1/s1. The van der Waals surface area contributed by atoms with Crippen LogP contribution in [0.1, 0.15) is 6.42 Å². The van der Waals surface area contributed by atoms with Gasteiger partial charge in [-0.15, -0.1) is 0 Å². The molecule has 21 heavy (non-hydrogen) atoms. The molecule has 1 aromatic rings. The number of nitrogens with zero attached hydrogens (tertiary/aromatic N) is 2. The summed E-state index contributed by atoms with van der Waals surface area (Å²) in [6.07, 6.45) is 0.0451. The van der Waals surface area contributed by atoms with Crippen LogP contribution in [-0.2, 0) is 14.4 Å². The Morgan fingerprint density at radius 1 is 1.14 bits per heavy atom. The lowest BCUT2D eigenvalue weighted by Gasteiger charge is -2.30. The predicted molar refractivity (Wildman–Crippen MR) is 71.9 cm³/mol. The van der Waals surface area contributed by atoms with E-state index in [0.29, 0.717) is 18.8 Å². The highest BCUT2D eigenvalue weighted by molar-refractivity contribution is 6.22. The molecule has 3 rings (SSSR count). The smallest absolute Gasteiger partial charge is 0.251 e. The maximum atomic E-state index is 12.9. The molecule has 3 amide bonds. The Morgan fingerprint density at radius 3 is 2.52 bits per heavy atom. The molecule has 2 saturated heterocycles. The number of rotatable bonds is 2. The molecule has 0 saturated carbocycles. The number of halogens is 1. The molecule has 0 radical (unpaired) electrons. The first-order valence-electron chi connectivity index (χ1n) is 6.69. The number of nitrogens with one attached hydrogen (secondary N) is 1. The topological polar surface area (TPSA) is 69.7 Å². The van der Waals surface area contributed by atoms with Gasteiger partial charge in [-0.05, 0) is 24.3 Å². The van der Waals surface area contributed by atoms with Crippen molar-refractivity contribution in [1.29, 1.82) is 0 Å². The van der Waals surface area contributed by atoms with Crippen LogP contribution in [0.3, 0.4) is 0 Å². The molecular weight excluding hydrogens is 277 g/mol. The van der Waals surface area contributed by atoms with Crippen LogP contribution >= 0.6 is 0 Å². The molecule has 2 heterocycles. The molecule has 0 unspecified atom stereocenters. The lowest BCUT2D eigenvalue weighted by Crippen LogP contribution is -2.53. The van der Waals surface area contributed by atoms with Gasteiger partial charge in [0.1, 0.15) is 5.82 Å². The van der Waals surface area contributed by atoms with Gasteiger partial charge < -0.3 is 5.32 Å². The second-order valence-electron chi connectivity index (χ2n) is 5.08. The third-order valence-corrected chi connectivity index (χ3v) is 3.72. The Bertz CT molecular complexity index is 602. The highest BCUT2D eigenvalue weighted by Crippen LogP contribution is 2.26. The van der Waals surface area contributed by atoms with Gasteiger partial charge in [-0.1, -0.05) is 0 Å². The van der Waals surface area contributed by atoms with Crippen LogP contribution in [0, 0.1) is 5.82 Å². The van der Waals surface area contributed by atoms with Crippen molar-refractivity contribution in [3.63, 3.8) is 0 Å². The molecule has 1 atom stereocenters. The first kappa shape index (κ1) is 13.7. The zero-order valence-corrected chi connectivity index (χ0v) is 11.2. The number of hydrogen-bond acceptors (Lipinski definition) is 4. The van der Waals surface area contributed by atoms with Crippen molar-refractivity contribution in [3.8, 4) is 0 Å². The van der Waals surface area contributed by atoms with E-state index >= 15 is 0 Å². The SMILES string of the molecule is O=C1CN([C@@H]2CC(=O)N(c3ccc(F)cc3)C2=O)CCN1. The van der Waals surface area contributed by atoms with E-state index in [1.165, 1.54) is 24.3 Å². The van der Waals surface area contributed by atoms with Crippen LogP contribution in [0.5, 0.6) is 0 Å². The minimum absolute atomic E-state index is 0.0451. The normalized spacial score (nSPS) is 23.6. The van der Waals surface area contributed by atoms with Gasteiger partial charge in [0.2, 0.25) is 11.8 Å². The molecule has 7 heteroatoms. The Morgan fingerprint density at radius 2 is 1.86 bits per heavy atom. The number of benzene rings is 1. The lowest BCUT2D eigenvalue weighted by atomic mass is 10.2. The minimum Gasteiger partial charge on any atom is -0.354 e. The van der Waals surface area contributed by atoms with Crippen LogP contribution in [0.25, 0.3) is 0 Å². The second-order valence-corrected chi connectivity index (χ2v) is 5.08. The van der Waals surface area contributed by atoms with Crippen molar-refractivity contribution in [2.75, 3.05) is 24.5 Å². The van der Waals surface area contributed by atoms with Crippen molar-refractivity contribution in [3.05, 3.63) is 30.1 Å². The average molecular weight is 291 g/mol. The number of imide groups is 1. The van der Waals surface area contributed by atoms with Gasteiger partial charge in [-0.25, -0.2) is 9.29 Å². The van der Waals surface area contributed by atoms with E-state index in [-0.39, 0.29) is 30.7 Å². The summed E-state index contributed by atoms with van der Waals surface area (Å²) in [5, 5.41) is 2.68. The largest absolute Gasteiger partial charge is 0.354 e. The summed E-state index contributed by atoms with van der Waals surface area (Å²) >= 11 is 0. The number of carbonyl (C=O) groups is 3. The van der Waals surface area contributed by atoms with E-state index in [2.05, 4.69) is 5.32 Å². The van der Waals surface area contributed by atoms with Gasteiger partial charge in [0.15, 0.2) is 0 Å². The summed E-state index contributed by atoms with van der Waals surface area (Å²) in [5.74, 6) is -1.27. The summed E-state index contributed by atoms with van der Waals surface area (Å²) in [4.78, 5) is 38.7. The Balaban J connectivity index is 1.81. The van der Waals surface area contributed by atoms with Crippen molar-refractivity contribution < 1.29 is 18.8 Å². The van der Waals surface area contributed by atoms with E-state index in [1.807, 2.05) is 0 Å². The third-order valence-electron chi connectivity index (χ3n) is 3.72. The molecular formula is C14H14FN3O3. The molecule has 2 aliphatic rings. The average Bonchev–Trinajstić information content (AvgIpc) is 2.75. The maximum Gasteiger partial charge on any atom is 0.251 e. The maximum absolute atomic E-state index is 12.9. The summed E-state index contributed by atoms with van der Waals surface area (Å²) in [6, 6.07) is 4.59. The molecule has 2 fully saturated rings. The van der Waals surface area contributed by atoms with Crippen LogP contribution < -0.4 is 10.2 Å². The Hall–Kier alpha value is -2.28. The number of amides is 3. The Kier molecular flexibility index (Phi) is 3.42. The van der Waals surface area contributed by atoms with E-state index < -0.39 is 11.9 Å². The number of anilines is 1. The lowest BCUT2D eigenvalue weighted by molar-refractivity contribution is -0.128. The quantitative estimate of drug-likeness (QED) is 0.772. The van der Waals surface area contributed by atoms with Gasteiger partial charge in [-0.3, -0.25) is 19.3 Å². The third kappa shape index (κ3) is 2.52. The minimum atomic E-state index is -0.617. The van der Waals surface area contributed by atoms with Gasteiger partial charge in [-0.2, -0.15) is 0 Å². The van der Waals surface area contributed by atoms with E-state index in [1.54, 1.807) is 4.90 Å². The molecule has 2 aliphatic heterocycles. The van der Waals surface area contributed by atoms with Gasteiger partial charge in [0, 0.05) is 13.1 Å². The molecule has 110 valence electrons. The highest BCUT2D eigenvalue weighted by atomic mass is 19.1. The van der Waals surface area contributed by atoms with Crippen LogP contribution in [0.2, 0.25) is 0 Å². The molecule has 0 aromatic heterocycles. The van der Waals surface area contributed by atoms with Crippen LogP contribution in [0.4, 0.5) is 10.1 Å². The van der Waals surface area contributed by atoms with Gasteiger partial charge in [0.05, 0.1) is 24.7 Å². The number of hydrogen-bond donors (Lipinski definition) is 1. The fraction of sp³-hybridized carbons (Fsp3) is 0.357.